The summed E-state index contributed by atoms with van der Waals surface area (Å²) in [5.41, 5.74) is 0. The van der Waals surface area contributed by atoms with Crippen molar-refractivity contribution in [1.29, 1.82) is 0 Å². The smallest absolute Gasteiger partial charge is 0.243 e. The Morgan fingerprint density at radius 3 is 2.61 bits per heavy atom. The van der Waals surface area contributed by atoms with Crippen LogP contribution in [-0.2, 0) is 14.8 Å². The number of nitrogens with zero attached hydrogens (tertiary/aromatic N) is 1. The Balaban J connectivity index is 2.95. The number of hydrogen-bond donors (Lipinski definition) is 0. The van der Waals surface area contributed by atoms with E-state index in [1.807, 2.05) is 0 Å². The molecule has 4 nitrogen and oxygen atoms in total. The molecular weight excluding hydrogens is 386 g/mol. The summed E-state index contributed by atoms with van der Waals surface area (Å²) in [5.74, 6) is 0. The van der Waals surface area contributed by atoms with Crippen LogP contribution < -0.4 is 0 Å². The number of sulfonamides is 1. The molecule has 102 valence electrons. The Kier molecular flexibility index (Phi) is 6.26. The van der Waals surface area contributed by atoms with Crippen LogP contribution >= 0.6 is 31.9 Å². The second-order valence-electron chi connectivity index (χ2n) is 3.75. The van der Waals surface area contributed by atoms with Crippen LogP contribution in [0.4, 0.5) is 0 Å². The van der Waals surface area contributed by atoms with Crippen molar-refractivity contribution in [2.45, 2.75) is 11.3 Å². The van der Waals surface area contributed by atoms with Gasteiger partial charge in [-0.05, 0) is 40.5 Å². The van der Waals surface area contributed by atoms with Crippen molar-refractivity contribution in [3.8, 4) is 0 Å². The third-order valence-corrected chi connectivity index (χ3v) is 5.75. The van der Waals surface area contributed by atoms with E-state index < -0.39 is 10.0 Å². The van der Waals surface area contributed by atoms with Gasteiger partial charge in [-0.2, -0.15) is 0 Å². The van der Waals surface area contributed by atoms with E-state index in [-0.39, 0.29) is 4.90 Å². The molecule has 0 saturated carbocycles. The SMILES string of the molecule is COCCCN(C)S(=O)(=O)c1cc(Br)ccc1Br. The van der Waals surface area contributed by atoms with E-state index in [0.717, 1.165) is 4.47 Å². The molecule has 0 fully saturated rings. The third kappa shape index (κ3) is 4.03. The number of methoxy groups -OCH3 is 1. The molecule has 7 heteroatoms. The number of ether oxygens (including phenoxy) is 1. The highest BCUT2D eigenvalue weighted by Gasteiger charge is 2.23. The van der Waals surface area contributed by atoms with Gasteiger partial charge in [-0.15, -0.1) is 0 Å². The molecule has 0 aliphatic heterocycles. The van der Waals surface area contributed by atoms with Crippen molar-refractivity contribution < 1.29 is 13.2 Å². The normalized spacial score (nSPS) is 12.1. The Morgan fingerprint density at radius 1 is 1.33 bits per heavy atom. The second kappa shape index (κ2) is 7.00. The van der Waals surface area contributed by atoms with Crippen molar-refractivity contribution in [3.05, 3.63) is 27.1 Å². The van der Waals surface area contributed by atoms with Crippen molar-refractivity contribution in [3.63, 3.8) is 0 Å². The van der Waals surface area contributed by atoms with Crippen LogP contribution in [0.3, 0.4) is 0 Å². The van der Waals surface area contributed by atoms with E-state index in [9.17, 15) is 8.42 Å². The van der Waals surface area contributed by atoms with Crippen molar-refractivity contribution >= 4 is 41.9 Å². The fourth-order valence-electron chi connectivity index (χ4n) is 1.39. The minimum Gasteiger partial charge on any atom is -0.385 e. The maximum atomic E-state index is 12.3. The molecule has 0 radical (unpaired) electrons. The average Bonchev–Trinajstić information content (AvgIpc) is 2.32. The van der Waals surface area contributed by atoms with Gasteiger partial charge in [0.15, 0.2) is 0 Å². The molecule has 0 saturated heterocycles. The summed E-state index contributed by atoms with van der Waals surface area (Å²) >= 11 is 6.54. The molecule has 0 atom stereocenters. The quantitative estimate of drug-likeness (QED) is 0.689. The summed E-state index contributed by atoms with van der Waals surface area (Å²) in [5, 5.41) is 0. The topological polar surface area (TPSA) is 46.6 Å². The standard InChI is InChI=1S/C11H15Br2NO3S/c1-14(6-3-7-17-2)18(15,16)11-8-9(12)4-5-10(11)13/h4-5,8H,3,6-7H2,1-2H3. The summed E-state index contributed by atoms with van der Waals surface area (Å²) in [7, 11) is -0.307. The lowest BCUT2D eigenvalue weighted by Gasteiger charge is -2.18. The third-order valence-electron chi connectivity index (χ3n) is 2.40. The van der Waals surface area contributed by atoms with Crippen LogP contribution in [0.5, 0.6) is 0 Å². The first-order valence-electron chi connectivity index (χ1n) is 5.30. The summed E-state index contributed by atoms with van der Waals surface area (Å²) in [6.07, 6.45) is 0.665. The van der Waals surface area contributed by atoms with Crippen LogP contribution in [0.25, 0.3) is 0 Å². The predicted octanol–water partition coefficient (Wildman–Crippen LogP) is 2.87. The number of hydrogen-bond acceptors (Lipinski definition) is 3. The van der Waals surface area contributed by atoms with E-state index in [0.29, 0.717) is 24.0 Å². The highest BCUT2D eigenvalue weighted by atomic mass is 79.9. The number of halogens is 2. The minimum atomic E-state index is -3.47. The van der Waals surface area contributed by atoms with Crippen LogP contribution in [0.1, 0.15) is 6.42 Å². The van der Waals surface area contributed by atoms with Gasteiger partial charge in [0.2, 0.25) is 10.0 Å². The molecule has 0 aliphatic rings. The summed E-state index contributed by atoms with van der Waals surface area (Å²) in [4.78, 5) is 0.261. The van der Waals surface area contributed by atoms with E-state index in [1.54, 1.807) is 32.4 Å². The fourth-order valence-corrected chi connectivity index (χ4v) is 4.06. The molecule has 0 aromatic heterocycles. The summed E-state index contributed by atoms with van der Waals surface area (Å²) in [6, 6.07) is 5.08. The largest absolute Gasteiger partial charge is 0.385 e. The summed E-state index contributed by atoms with van der Waals surface area (Å²) < 4.78 is 32.2. The fraction of sp³-hybridized carbons (Fsp3) is 0.455. The highest BCUT2D eigenvalue weighted by Crippen LogP contribution is 2.27. The predicted molar refractivity (Wildman–Crippen MR) is 78.2 cm³/mol. The number of benzene rings is 1. The van der Waals surface area contributed by atoms with Gasteiger partial charge < -0.3 is 4.74 Å². The molecule has 0 amide bonds. The van der Waals surface area contributed by atoms with Crippen molar-refractivity contribution in [1.82, 2.24) is 4.31 Å². The van der Waals surface area contributed by atoms with Crippen molar-refractivity contribution in [2.24, 2.45) is 0 Å². The van der Waals surface area contributed by atoms with Gasteiger partial charge in [0.25, 0.3) is 0 Å². The molecular formula is C11H15Br2NO3S. The van der Waals surface area contributed by atoms with Crippen LogP contribution in [0.15, 0.2) is 32.0 Å². The molecule has 0 heterocycles. The molecule has 18 heavy (non-hydrogen) atoms. The summed E-state index contributed by atoms with van der Waals surface area (Å²) in [6.45, 7) is 0.967. The highest BCUT2D eigenvalue weighted by molar-refractivity contribution is 9.11. The lowest BCUT2D eigenvalue weighted by Crippen LogP contribution is -2.28. The first-order chi connectivity index (χ1) is 8.39. The van der Waals surface area contributed by atoms with Gasteiger partial charge in [0.1, 0.15) is 0 Å². The van der Waals surface area contributed by atoms with Gasteiger partial charge in [0.05, 0.1) is 4.90 Å². The van der Waals surface area contributed by atoms with E-state index in [2.05, 4.69) is 31.9 Å². The van der Waals surface area contributed by atoms with Gasteiger partial charge in [-0.3, -0.25) is 0 Å². The minimum absolute atomic E-state index is 0.261. The van der Waals surface area contributed by atoms with E-state index in [1.165, 1.54) is 4.31 Å². The Morgan fingerprint density at radius 2 is 2.00 bits per heavy atom. The van der Waals surface area contributed by atoms with E-state index in [4.69, 9.17) is 4.74 Å². The van der Waals surface area contributed by atoms with Gasteiger partial charge >= 0.3 is 0 Å². The molecule has 0 spiro atoms. The molecule has 1 aromatic carbocycles. The zero-order chi connectivity index (χ0) is 13.8. The average molecular weight is 401 g/mol. The first-order valence-corrected chi connectivity index (χ1v) is 8.32. The Hall–Kier alpha value is 0.0500. The van der Waals surface area contributed by atoms with Crippen LogP contribution in [0, 0.1) is 0 Å². The first kappa shape index (κ1) is 16.1. The van der Waals surface area contributed by atoms with Crippen LogP contribution in [-0.4, -0.2) is 40.0 Å². The second-order valence-corrected chi connectivity index (χ2v) is 7.53. The monoisotopic (exact) mass is 399 g/mol. The zero-order valence-electron chi connectivity index (χ0n) is 10.2. The van der Waals surface area contributed by atoms with Gasteiger partial charge in [-0.25, -0.2) is 12.7 Å². The Labute approximate surface area is 125 Å². The molecule has 0 unspecified atom stereocenters. The Bertz CT molecular complexity index is 505. The maximum absolute atomic E-state index is 12.3. The van der Waals surface area contributed by atoms with Crippen molar-refractivity contribution in [2.75, 3.05) is 27.3 Å². The molecule has 0 bridgehead atoms. The molecule has 0 N–H and O–H groups in total. The van der Waals surface area contributed by atoms with Crippen LogP contribution in [0.2, 0.25) is 0 Å². The maximum Gasteiger partial charge on any atom is 0.243 e. The van der Waals surface area contributed by atoms with E-state index >= 15 is 0 Å². The lowest BCUT2D eigenvalue weighted by atomic mass is 10.4. The van der Waals surface area contributed by atoms with Gasteiger partial charge in [0, 0.05) is 36.3 Å². The molecule has 1 aromatic rings. The molecule has 1 rings (SSSR count). The van der Waals surface area contributed by atoms with Gasteiger partial charge in [-0.1, -0.05) is 15.9 Å². The number of rotatable bonds is 6. The zero-order valence-corrected chi connectivity index (χ0v) is 14.2. The molecule has 0 aliphatic carbocycles. The lowest BCUT2D eigenvalue weighted by molar-refractivity contribution is 0.189.